The summed E-state index contributed by atoms with van der Waals surface area (Å²) in [5.41, 5.74) is -0.105. The van der Waals surface area contributed by atoms with Crippen LogP contribution in [0.15, 0.2) is 47.3 Å². The van der Waals surface area contributed by atoms with E-state index in [1.807, 2.05) is 31.2 Å². The van der Waals surface area contributed by atoms with Crippen LogP contribution in [0.3, 0.4) is 0 Å². The number of nitrogens with one attached hydrogen (secondary N) is 1. The molecule has 0 saturated heterocycles. The second-order valence-electron chi connectivity index (χ2n) is 6.34. The summed E-state index contributed by atoms with van der Waals surface area (Å²) in [6, 6.07) is 12.9. The highest BCUT2D eigenvalue weighted by Gasteiger charge is 2.23. The molecule has 0 aliphatic carbocycles. The van der Waals surface area contributed by atoms with Crippen LogP contribution in [0.5, 0.6) is 0 Å². The first-order valence-corrected chi connectivity index (χ1v) is 7.92. The van der Waals surface area contributed by atoms with Gasteiger partial charge in [-0.05, 0) is 50.4 Å². The van der Waals surface area contributed by atoms with Crippen molar-refractivity contribution in [1.82, 2.24) is 4.57 Å². The van der Waals surface area contributed by atoms with Crippen molar-refractivity contribution in [3.8, 4) is 0 Å². The molecule has 5 nitrogen and oxygen atoms in total. The third kappa shape index (κ3) is 2.67. The molecule has 124 valence electrons. The molecule has 0 radical (unpaired) electrons. The summed E-state index contributed by atoms with van der Waals surface area (Å²) in [4.78, 5) is 24.7. The monoisotopic (exact) mass is 324 g/mol. The van der Waals surface area contributed by atoms with Crippen molar-refractivity contribution in [2.45, 2.75) is 32.9 Å². The van der Waals surface area contributed by atoms with E-state index in [0.29, 0.717) is 17.6 Å². The standard InChI is InChI=1S/C19H20N2O3/c1-4-21-16-8-6-5-7-13(16)15-11-12(9-10-14(15)17(21)22)20-18(23)19(2,3)24/h5-11,24H,4H2,1-3H3,(H,20,23). The van der Waals surface area contributed by atoms with Crippen molar-refractivity contribution in [1.29, 1.82) is 0 Å². The number of nitrogens with zero attached hydrogens (tertiary/aromatic N) is 1. The Hall–Kier alpha value is -2.66. The van der Waals surface area contributed by atoms with E-state index in [-0.39, 0.29) is 5.56 Å². The smallest absolute Gasteiger partial charge is 0.258 e. The number of benzene rings is 2. The Balaban J connectivity index is 2.25. The number of pyridine rings is 1. The van der Waals surface area contributed by atoms with E-state index < -0.39 is 11.5 Å². The lowest BCUT2D eigenvalue weighted by molar-refractivity contribution is -0.130. The van der Waals surface area contributed by atoms with E-state index in [9.17, 15) is 14.7 Å². The van der Waals surface area contributed by atoms with Crippen LogP contribution in [0.4, 0.5) is 5.69 Å². The third-order valence-corrected chi connectivity index (χ3v) is 4.11. The zero-order valence-electron chi connectivity index (χ0n) is 14.0. The highest BCUT2D eigenvalue weighted by atomic mass is 16.3. The fraction of sp³-hybridized carbons (Fsp3) is 0.263. The number of aromatic nitrogens is 1. The first-order chi connectivity index (χ1) is 11.3. The summed E-state index contributed by atoms with van der Waals surface area (Å²) >= 11 is 0. The van der Waals surface area contributed by atoms with Gasteiger partial charge >= 0.3 is 0 Å². The van der Waals surface area contributed by atoms with Gasteiger partial charge in [0.05, 0.1) is 5.52 Å². The number of aliphatic hydroxyl groups is 1. The number of anilines is 1. The van der Waals surface area contributed by atoms with Crippen LogP contribution in [-0.4, -0.2) is 21.2 Å². The first kappa shape index (κ1) is 16.2. The first-order valence-electron chi connectivity index (χ1n) is 7.92. The molecule has 0 fully saturated rings. The lowest BCUT2D eigenvalue weighted by Gasteiger charge is -2.17. The molecule has 2 N–H and O–H groups in total. The molecule has 0 atom stereocenters. The van der Waals surface area contributed by atoms with Gasteiger partial charge in [0.25, 0.3) is 11.5 Å². The predicted octanol–water partition coefficient (Wildman–Crippen LogP) is 2.88. The molecule has 3 aromatic rings. The lowest BCUT2D eigenvalue weighted by Crippen LogP contribution is -2.36. The predicted molar refractivity (Wildman–Crippen MR) is 96.3 cm³/mol. The van der Waals surface area contributed by atoms with Gasteiger partial charge < -0.3 is 15.0 Å². The second-order valence-corrected chi connectivity index (χ2v) is 6.34. The minimum absolute atomic E-state index is 0.0495. The Morgan fingerprint density at radius 1 is 1.12 bits per heavy atom. The number of para-hydroxylation sites is 1. The molecule has 2 aromatic carbocycles. The van der Waals surface area contributed by atoms with Gasteiger partial charge in [0.2, 0.25) is 0 Å². The Bertz CT molecular complexity index is 997. The van der Waals surface area contributed by atoms with E-state index >= 15 is 0 Å². The maximum Gasteiger partial charge on any atom is 0.258 e. The Kier molecular flexibility index (Phi) is 3.89. The summed E-state index contributed by atoms with van der Waals surface area (Å²) < 4.78 is 1.74. The molecule has 0 bridgehead atoms. The van der Waals surface area contributed by atoms with Crippen LogP contribution in [0, 0.1) is 0 Å². The van der Waals surface area contributed by atoms with Crippen molar-refractivity contribution >= 4 is 33.3 Å². The number of carbonyl (C=O) groups is 1. The van der Waals surface area contributed by atoms with Crippen LogP contribution in [-0.2, 0) is 11.3 Å². The quantitative estimate of drug-likeness (QED) is 0.728. The van der Waals surface area contributed by atoms with Crippen molar-refractivity contribution < 1.29 is 9.90 Å². The van der Waals surface area contributed by atoms with Crippen LogP contribution in [0.25, 0.3) is 21.7 Å². The SMILES string of the molecule is CCn1c(=O)c2ccc(NC(=O)C(C)(C)O)cc2c2ccccc21. The summed E-state index contributed by atoms with van der Waals surface area (Å²) in [6.07, 6.45) is 0. The van der Waals surface area contributed by atoms with Crippen LogP contribution < -0.4 is 10.9 Å². The van der Waals surface area contributed by atoms with Gasteiger partial charge in [-0.3, -0.25) is 9.59 Å². The molecule has 5 heteroatoms. The third-order valence-electron chi connectivity index (χ3n) is 4.11. The van der Waals surface area contributed by atoms with Gasteiger partial charge in [0.1, 0.15) is 5.60 Å². The molecule has 1 aromatic heterocycles. The van der Waals surface area contributed by atoms with Gasteiger partial charge in [-0.25, -0.2) is 0 Å². The van der Waals surface area contributed by atoms with Crippen LogP contribution >= 0.6 is 0 Å². The molecule has 3 rings (SSSR count). The lowest BCUT2D eigenvalue weighted by atomic mass is 10.0. The zero-order valence-corrected chi connectivity index (χ0v) is 14.0. The van der Waals surface area contributed by atoms with Gasteiger partial charge in [0, 0.05) is 23.0 Å². The highest BCUT2D eigenvalue weighted by molar-refractivity contribution is 6.08. The van der Waals surface area contributed by atoms with Gasteiger partial charge in [-0.2, -0.15) is 0 Å². The maximum atomic E-state index is 12.7. The van der Waals surface area contributed by atoms with E-state index in [4.69, 9.17) is 0 Å². The minimum Gasteiger partial charge on any atom is -0.381 e. The number of hydrogen-bond donors (Lipinski definition) is 2. The number of amides is 1. The number of rotatable bonds is 3. The summed E-state index contributed by atoms with van der Waals surface area (Å²) in [7, 11) is 0. The Morgan fingerprint density at radius 2 is 1.83 bits per heavy atom. The van der Waals surface area contributed by atoms with E-state index in [1.54, 1.807) is 22.8 Å². The molecule has 0 aliphatic rings. The number of aryl methyl sites for hydroxylation is 1. The molecule has 24 heavy (non-hydrogen) atoms. The topological polar surface area (TPSA) is 71.3 Å². The van der Waals surface area contributed by atoms with Crippen molar-refractivity contribution in [3.63, 3.8) is 0 Å². The largest absolute Gasteiger partial charge is 0.381 e. The van der Waals surface area contributed by atoms with Gasteiger partial charge in [0.15, 0.2) is 0 Å². The molecule has 0 unspecified atom stereocenters. The van der Waals surface area contributed by atoms with E-state index in [0.717, 1.165) is 16.3 Å². The number of hydrogen-bond acceptors (Lipinski definition) is 3. The Labute approximate surface area is 139 Å². The average Bonchev–Trinajstić information content (AvgIpc) is 2.54. The fourth-order valence-corrected chi connectivity index (χ4v) is 2.82. The van der Waals surface area contributed by atoms with Crippen LogP contribution in [0.2, 0.25) is 0 Å². The molecular weight excluding hydrogens is 304 g/mol. The van der Waals surface area contributed by atoms with E-state index in [2.05, 4.69) is 5.32 Å². The highest BCUT2D eigenvalue weighted by Crippen LogP contribution is 2.26. The molecule has 0 spiro atoms. The van der Waals surface area contributed by atoms with Crippen molar-refractivity contribution in [2.24, 2.45) is 0 Å². The number of fused-ring (bicyclic) bond motifs is 3. The van der Waals surface area contributed by atoms with Gasteiger partial charge in [-0.1, -0.05) is 18.2 Å². The molecule has 1 amide bonds. The second kappa shape index (κ2) is 5.76. The molecule has 0 saturated carbocycles. The minimum atomic E-state index is -1.47. The van der Waals surface area contributed by atoms with Crippen molar-refractivity contribution in [3.05, 3.63) is 52.8 Å². The maximum absolute atomic E-state index is 12.7. The average molecular weight is 324 g/mol. The Morgan fingerprint density at radius 3 is 2.50 bits per heavy atom. The fourth-order valence-electron chi connectivity index (χ4n) is 2.82. The van der Waals surface area contributed by atoms with E-state index in [1.165, 1.54) is 13.8 Å². The molecular formula is C19H20N2O3. The van der Waals surface area contributed by atoms with Gasteiger partial charge in [-0.15, -0.1) is 0 Å². The zero-order chi connectivity index (χ0) is 17.5. The number of carbonyl (C=O) groups excluding carboxylic acids is 1. The van der Waals surface area contributed by atoms with Crippen LogP contribution in [0.1, 0.15) is 20.8 Å². The van der Waals surface area contributed by atoms with Crippen molar-refractivity contribution in [2.75, 3.05) is 5.32 Å². The molecule has 0 aliphatic heterocycles. The summed E-state index contributed by atoms with van der Waals surface area (Å²) in [5, 5.41) is 14.8. The normalized spacial score (nSPS) is 11.8. The summed E-state index contributed by atoms with van der Waals surface area (Å²) in [5.74, 6) is -0.493. The summed E-state index contributed by atoms with van der Waals surface area (Å²) in [6.45, 7) is 5.39. The molecule has 1 heterocycles.